The minimum absolute atomic E-state index is 0.0289. The second-order valence-corrected chi connectivity index (χ2v) is 6.15. The van der Waals surface area contributed by atoms with E-state index in [1.165, 1.54) is 10.9 Å². The lowest BCUT2D eigenvalue weighted by Crippen LogP contribution is -2.23. The van der Waals surface area contributed by atoms with Crippen LogP contribution in [0.3, 0.4) is 0 Å². The quantitative estimate of drug-likeness (QED) is 0.525. The van der Waals surface area contributed by atoms with Crippen LogP contribution >= 0.6 is 12.2 Å². The number of nitrogens with one attached hydrogen (secondary N) is 1. The predicted molar refractivity (Wildman–Crippen MR) is 77.8 cm³/mol. The molecule has 0 aliphatic rings. The molecule has 112 valence electrons. The van der Waals surface area contributed by atoms with Crippen molar-refractivity contribution in [1.29, 1.82) is 0 Å². The van der Waals surface area contributed by atoms with E-state index in [2.05, 4.69) is 14.6 Å². The molecule has 0 aromatic carbocycles. The molecular formula is C10H16N4O4S2. The average molecular weight is 320 g/mol. The number of aryl methyl sites for hydroxylation is 1. The smallest absolute Gasteiger partial charge is 0.306 e. The highest BCUT2D eigenvalue weighted by Crippen LogP contribution is 2.15. The lowest BCUT2D eigenvalue weighted by atomic mass is 10.3. The molecule has 8 nitrogen and oxygen atoms in total. The molecule has 1 heterocycles. The Balaban J connectivity index is 2.79. The molecule has 0 saturated heterocycles. The first-order valence-electron chi connectivity index (χ1n) is 5.74. The SMILES string of the molecule is CCOC(=O)CCS(=O)(=O)Nc1c(C(N)=S)cnn1C. The number of hydrogen-bond donors (Lipinski definition) is 2. The third-order valence-electron chi connectivity index (χ3n) is 2.34. The molecule has 0 radical (unpaired) electrons. The molecular weight excluding hydrogens is 304 g/mol. The normalized spacial score (nSPS) is 11.1. The summed E-state index contributed by atoms with van der Waals surface area (Å²) in [7, 11) is -2.18. The van der Waals surface area contributed by atoms with E-state index < -0.39 is 21.7 Å². The molecule has 3 N–H and O–H groups in total. The van der Waals surface area contributed by atoms with E-state index in [1.54, 1.807) is 14.0 Å². The molecule has 0 spiro atoms. The highest BCUT2D eigenvalue weighted by molar-refractivity contribution is 7.92. The summed E-state index contributed by atoms with van der Waals surface area (Å²) >= 11 is 4.81. The molecule has 10 heteroatoms. The maximum Gasteiger partial charge on any atom is 0.306 e. The number of sulfonamides is 1. The molecule has 20 heavy (non-hydrogen) atoms. The molecule has 0 aliphatic carbocycles. The number of aromatic nitrogens is 2. The van der Waals surface area contributed by atoms with Gasteiger partial charge in [-0.1, -0.05) is 12.2 Å². The number of carbonyl (C=O) groups is 1. The Labute approximate surface area is 122 Å². The number of rotatable bonds is 7. The van der Waals surface area contributed by atoms with Crippen LogP contribution in [0.1, 0.15) is 18.9 Å². The Morgan fingerprint density at radius 1 is 1.60 bits per heavy atom. The first kappa shape index (κ1) is 16.4. The van der Waals surface area contributed by atoms with Gasteiger partial charge in [0.15, 0.2) is 0 Å². The van der Waals surface area contributed by atoms with Crippen LogP contribution in [0.25, 0.3) is 0 Å². The number of hydrogen-bond acceptors (Lipinski definition) is 6. The number of nitrogens with zero attached hydrogens (tertiary/aromatic N) is 2. The summed E-state index contributed by atoms with van der Waals surface area (Å²) in [6.07, 6.45) is 1.13. The van der Waals surface area contributed by atoms with Gasteiger partial charge < -0.3 is 10.5 Å². The van der Waals surface area contributed by atoms with Gasteiger partial charge in [0, 0.05) is 7.05 Å². The lowest BCUT2D eigenvalue weighted by molar-refractivity contribution is -0.142. The Kier molecular flexibility index (Phi) is 5.45. The number of nitrogens with two attached hydrogens (primary N) is 1. The summed E-state index contributed by atoms with van der Waals surface area (Å²) in [5, 5.41) is 3.88. The number of ether oxygens (including phenoxy) is 1. The highest BCUT2D eigenvalue weighted by atomic mass is 32.2. The second-order valence-electron chi connectivity index (χ2n) is 3.87. The third-order valence-corrected chi connectivity index (χ3v) is 3.80. The zero-order chi connectivity index (χ0) is 15.3. The van der Waals surface area contributed by atoms with Crippen LogP contribution in [0.5, 0.6) is 0 Å². The topological polar surface area (TPSA) is 116 Å². The van der Waals surface area contributed by atoms with E-state index in [4.69, 9.17) is 18.0 Å². The Bertz CT molecular complexity index is 609. The molecule has 0 saturated carbocycles. The van der Waals surface area contributed by atoms with Crippen molar-refractivity contribution in [3.8, 4) is 0 Å². The molecule has 0 bridgehead atoms. The molecule has 0 atom stereocenters. The van der Waals surface area contributed by atoms with Crippen molar-refractivity contribution in [2.24, 2.45) is 12.8 Å². The van der Waals surface area contributed by atoms with Crippen LogP contribution in [-0.4, -0.2) is 41.5 Å². The predicted octanol–water partition coefficient (Wildman–Crippen LogP) is -0.251. The van der Waals surface area contributed by atoms with Crippen LogP contribution in [0, 0.1) is 0 Å². The maximum atomic E-state index is 11.9. The number of thiocarbonyl (C=S) groups is 1. The fraction of sp³-hybridized carbons (Fsp3) is 0.500. The summed E-state index contributed by atoms with van der Waals surface area (Å²) in [6, 6.07) is 0. The summed E-state index contributed by atoms with van der Waals surface area (Å²) in [4.78, 5) is 11.2. The van der Waals surface area contributed by atoms with Crippen LogP contribution in [0.4, 0.5) is 5.82 Å². The first-order valence-corrected chi connectivity index (χ1v) is 7.80. The van der Waals surface area contributed by atoms with E-state index in [-0.39, 0.29) is 23.8 Å². The van der Waals surface area contributed by atoms with Crippen LogP contribution < -0.4 is 10.5 Å². The van der Waals surface area contributed by atoms with Crippen molar-refractivity contribution >= 4 is 39.0 Å². The van der Waals surface area contributed by atoms with Gasteiger partial charge in [-0.3, -0.25) is 14.2 Å². The van der Waals surface area contributed by atoms with Crippen LogP contribution in [-0.2, 0) is 26.6 Å². The van der Waals surface area contributed by atoms with Gasteiger partial charge in [-0.25, -0.2) is 8.42 Å². The molecule has 1 aromatic rings. The van der Waals surface area contributed by atoms with Gasteiger partial charge in [-0.2, -0.15) is 5.10 Å². The number of esters is 1. The molecule has 0 fully saturated rings. The third kappa shape index (κ3) is 4.46. The van der Waals surface area contributed by atoms with Gasteiger partial charge in [0.05, 0.1) is 30.5 Å². The van der Waals surface area contributed by atoms with Gasteiger partial charge in [0.25, 0.3) is 0 Å². The van der Waals surface area contributed by atoms with Gasteiger partial charge in [0.1, 0.15) is 10.8 Å². The molecule has 0 amide bonds. The Morgan fingerprint density at radius 2 is 2.25 bits per heavy atom. The molecule has 0 unspecified atom stereocenters. The zero-order valence-electron chi connectivity index (χ0n) is 11.1. The molecule has 1 aromatic heterocycles. The summed E-state index contributed by atoms with van der Waals surface area (Å²) < 4.78 is 32.1. The van der Waals surface area contributed by atoms with E-state index in [0.717, 1.165) is 0 Å². The van der Waals surface area contributed by atoms with Gasteiger partial charge in [-0.05, 0) is 6.92 Å². The summed E-state index contributed by atoms with van der Waals surface area (Å²) in [6.45, 7) is 1.86. The van der Waals surface area contributed by atoms with E-state index in [1.807, 2.05) is 0 Å². The average Bonchev–Trinajstić information content (AvgIpc) is 2.69. The number of carbonyl (C=O) groups excluding carboxylic acids is 1. The standard InChI is InChI=1S/C10H16N4O4S2/c1-3-18-8(15)4-5-20(16,17)13-10-7(9(11)19)6-12-14(10)2/h6,13H,3-5H2,1-2H3,(H2,11,19). The molecule has 1 rings (SSSR count). The van der Waals surface area contributed by atoms with Gasteiger partial charge >= 0.3 is 5.97 Å². The van der Waals surface area contributed by atoms with Crippen LogP contribution in [0.15, 0.2) is 6.20 Å². The first-order chi connectivity index (χ1) is 9.26. The largest absolute Gasteiger partial charge is 0.466 e. The highest BCUT2D eigenvalue weighted by Gasteiger charge is 2.19. The van der Waals surface area contributed by atoms with Crippen molar-refractivity contribution in [1.82, 2.24) is 9.78 Å². The van der Waals surface area contributed by atoms with Crippen molar-refractivity contribution < 1.29 is 17.9 Å². The summed E-state index contributed by atoms with van der Waals surface area (Å²) in [5.41, 5.74) is 5.80. The fourth-order valence-corrected chi connectivity index (χ4v) is 2.61. The lowest BCUT2D eigenvalue weighted by Gasteiger charge is -2.09. The van der Waals surface area contributed by atoms with Gasteiger partial charge in [-0.15, -0.1) is 0 Å². The van der Waals surface area contributed by atoms with E-state index in [0.29, 0.717) is 5.56 Å². The fourth-order valence-electron chi connectivity index (χ4n) is 1.39. The van der Waals surface area contributed by atoms with Crippen molar-refractivity contribution in [3.63, 3.8) is 0 Å². The second kappa shape index (κ2) is 6.66. The van der Waals surface area contributed by atoms with Gasteiger partial charge in [0.2, 0.25) is 10.0 Å². The van der Waals surface area contributed by atoms with Crippen molar-refractivity contribution in [3.05, 3.63) is 11.8 Å². The van der Waals surface area contributed by atoms with E-state index in [9.17, 15) is 13.2 Å². The summed E-state index contributed by atoms with van der Waals surface area (Å²) in [5.74, 6) is -0.799. The van der Waals surface area contributed by atoms with Crippen molar-refractivity contribution in [2.45, 2.75) is 13.3 Å². The number of anilines is 1. The minimum Gasteiger partial charge on any atom is -0.466 e. The minimum atomic E-state index is -3.72. The Morgan fingerprint density at radius 3 is 2.80 bits per heavy atom. The van der Waals surface area contributed by atoms with Crippen molar-refractivity contribution in [2.75, 3.05) is 17.1 Å². The Hall–Kier alpha value is -1.68. The van der Waals surface area contributed by atoms with E-state index >= 15 is 0 Å². The maximum absolute atomic E-state index is 11.9. The van der Waals surface area contributed by atoms with Crippen LogP contribution in [0.2, 0.25) is 0 Å². The zero-order valence-corrected chi connectivity index (χ0v) is 12.8. The molecule has 0 aliphatic heterocycles. The monoisotopic (exact) mass is 320 g/mol.